The second-order valence-electron chi connectivity index (χ2n) is 7.67. The molecule has 0 bridgehead atoms. The molecule has 8 nitrogen and oxygen atoms in total. The first-order chi connectivity index (χ1) is 12.7. The van der Waals surface area contributed by atoms with Crippen LogP contribution in [0.3, 0.4) is 0 Å². The highest BCUT2D eigenvalue weighted by atomic mass is 16.6. The zero-order valence-electron chi connectivity index (χ0n) is 15.9. The van der Waals surface area contributed by atoms with E-state index in [-0.39, 0.29) is 25.0 Å². The van der Waals surface area contributed by atoms with Gasteiger partial charge in [0.1, 0.15) is 17.9 Å². The minimum atomic E-state index is -0.619. The lowest BCUT2D eigenvalue weighted by molar-refractivity contribution is -0.131. The number of carbonyl (C=O) groups excluding carboxylic acids is 3. The summed E-state index contributed by atoms with van der Waals surface area (Å²) in [6.07, 6.45) is 1.39. The predicted molar refractivity (Wildman–Crippen MR) is 100.0 cm³/mol. The van der Waals surface area contributed by atoms with Gasteiger partial charge in [-0.2, -0.15) is 0 Å². The standard InChI is InChI=1S/C19H25N3O5/c1-19(2,3)27-18(25)20-13-6-7-15-14(10-13)22(17(24)12-26-15)11-16(23)21-8-4-5-9-21/h6-7,10H,4-5,8-9,11-12H2,1-3H3,(H,20,25). The van der Waals surface area contributed by atoms with E-state index in [1.165, 1.54) is 4.90 Å². The van der Waals surface area contributed by atoms with E-state index in [2.05, 4.69) is 5.32 Å². The fourth-order valence-corrected chi connectivity index (χ4v) is 3.08. The van der Waals surface area contributed by atoms with Crippen LogP contribution in [-0.4, -0.2) is 54.6 Å². The van der Waals surface area contributed by atoms with Gasteiger partial charge in [-0.25, -0.2) is 4.79 Å². The van der Waals surface area contributed by atoms with Crippen molar-refractivity contribution < 1.29 is 23.9 Å². The van der Waals surface area contributed by atoms with Gasteiger partial charge in [0.15, 0.2) is 6.61 Å². The summed E-state index contributed by atoms with van der Waals surface area (Å²) in [5.74, 6) is 0.127. The number of hydrogen-bond acceptors (Lipinski definition) is 5. The second kappa shape index (κ2) is 7.46. The molecule has 0 saturated carbocycles. The Bertz CT molecular complexity index is 750. The Morgan fingerprint density at radius 1 is 1.22 bits per heavy atom. The summed E-state index contributed by atoms with van der Waals surface area (Å²) >= 11 is 0. The van der Waals surface area contributed by atoms with Crippen LogP contribution < -0.4 is 15.0 Å². The molecule has 0 aliphatic carbocycles. The number of fused-ring (bicyclic) bond motifs is 1. The number of hydrogen-bond donors (Lipinski definition) is 1. The van der Waals surface area contributed by atoms with E-state index in [1.807, 2.05) is 0 Å². The van der Waals surface area contributed by atoms with Gasteiger partial charge in [0, 0.05) is 18.8 Å². The van der Waals surface area contributed by atoms with Crippen molar-refractivity contribution in [3.8, 4) is 5.75 Å². The van der Waals surface area contributed by atoms with Crippen LogP contribution in [0.25, 0.3) is 0 Å². The Hall–Kier alpha value is -2.77. The molecule has 3 rings (SSSR count). The number of amides is 3. The number of rotatable bonds is 3. The maximum absolute atomic E-state index is 12.5. The van der Waals surface area contributed by atoms with Gasteiger partial charge in [0.25, 0.3) is 5.91 Å². The average Bonchev–Trinajstić information content (AvgIpc) is 3.10. The van der Waals surface area contributed by atoms with Crippen molar-refractivity contribution in [1.29, 1.82) is 0 Å². The molecular formula is C19H25N3O5. The predicted octanol–water partition coefficient (Wildman–Crippen LogP) is 2.38. The molecule has 1 fully saturated rings. The van der Waals surface area contributed by atoms with Gasteiger partial charge in [0.2, 0.25) is 5.91 Å². The van der Waals surface area contributed by atoms with Crippen molar-refractivity contribution in [2.75, 3.05) is 36.5 Å². The number of nitrogens with one attached hydrogen (secondary N) is 1. The largest absolute Gasteiger partial charge is 0.482 e. The number of benzene rings is 1. The Labute approximate surface area is 158 Å². The zero-order chi connectivity index (χ0) is 19.6. The number of anilines is 2. The molecule has 0 spiro atoms. The van der Waals surface area contributed by atoms with Crippen molar-refractivity contribution in [3.63, 3.8) is 0 Å². The van der Waals surface area contributed by atoms with Gasteiger partial charge in [-0.05, 0) is 51.8 Å². The average molecular weight is 375 g/mol. The molecule has 2 aliphatic rings. The van der Waals surface area contributed by atoms with Crippen molar-refractivity contribution in [2.24, 2.45) is 0 Å². The van der Waals surface area contributed by atoms with Crippen LogP contribution in [0.4, 0.5) is 16.2 Å². The molecule has 1 aromatic carbocycles. The summed E-state index contributed by atoms with van der Waals surface area (Å²) in [6.45, 7) is 6.63. The van der Waals surface area contributed by atoms with Crippen LogP contribution in [0.1, 0.15) is 33.6 Å². The SMILES string of the molecule is CC(C)(C)OC(=O)Nc1ccc2c(c1)N(CC(=O)N1CCCC1)C(=O)CO2. The maximum atomic E-state index is 12.5. The van der Waals surface area contributed by atoms with E-state index in [0.717, 1.165) is 25.9 Å². The van der Waals surface area contributed by atoms with Gasteiger partial charge in [-0.1, -0.05) is 0 Å². The highest BCUT2D eigenvalue weighted by molar-refractivity contribution is 6.03. The maximum Gasteiger partial charge on any atom is 0.412 e. The first-order valence-electron chi connectivity index (χ1n) is 9.08. The molecule has 0 atom stereocenters. The Balaban J connectivity index is 1.77. The van der Waals surface area contributed by atoms with E-state index >= 15 is 0 Å². The Kier molecular flexibility index (Phi) is 5.25. The van der Waals surface area contributed by atoms with E-state index in [4.69, 9.17) is 9.47 Å². The molecular weight excluding hydrogens is 350 g/mol. The monoisotopic (exact) mass is 375 g/mol. The smallest absolute Gasteiger partial charge is 0.412 e. The Morgan fingerprint density at radius 2 is 1.93 bits per heavy atom. The molecule has 8 heteroatoms. The summed E-state index contributed by atoms with van der Waals surface area (Å²) < 4.78 is 10.7. The molecule has 146 valence electrons. The highest BCUT2D eigenvalue weighted by Gasteiger charge is 2.30. The first kappa shape index (κ1) is 19.0. The fourth-order valence-electron chi connectivity index (χ4n) is 3.08. The van der Waals surface area contributed by atoms with E-state index in [1.54, 1.807) is 43.9 Å². The number of likely N-dealkylation sites (tertiary alicyclic amines) is 1. The third-order valence-corrected chi connectivity index (χ3v) is 4.30. The van der Waals surface area contributed by atoms with Crippen LogP contribution in [0.15, 0.2) is 18.2 Å². The normalized spacial score (nSPS) is 16.6. The Morgan fingerprint density at radius 3 is 2.59 bits per heavy atom. The number of ether oxygens (including phenoxy) is 2. The number of nitrogens with zero attached hydrogens (tertiary/aromatic N) is 2. The molecule has 3 amide bonds. The molecule has 1 aromatic rings. The molecule has 0 unspecified atom stereocenters. The third kappa shape index (κ3) is 4.69. The third-order valence-electron chi connectivity index (χ3n) is 4.30. The van der Waals surface area contributed by atoms with Gasteiger partial charge < -0.3 is 14.4 Å². The molecule has 0 radical (unpaired) electrons. The number of carbonyl (C=O) groups is 3. The van der Waals surface area contributed by atoms with Crippen LogP contribution in [0.2, 0.25) is 0 Å². The lowest BCUT2D eigenvalue weighted by atomic mass is 10.2. The minimum Gasteiger partial charge on any atom is -0.482 e. The lowest BCUT2D eigenvalue weighted by Crippen LogP contribution is -2.45. The van der Waals surface area contributed by atoms with Gasteiger partial charge >= 0.3 is 6.09 Å². The topological polar surface area (TPSA) is 88.2 Å². The van der Waals surface area contributed by atoms with Crippen LogP contribution >= 0.6 is 0 Å². The van der Waals surface area contributed by atoms with Crippen molar-refractivity contribution >= 4 is 29.3 Å². The summed E-state index contributed by atoms with van der Waals surface area (Å²) in [4.78, 5) is 40.0. The second-order valence-corrected chi connectivity index (χ2v) is 7.67. The fraction of sp³-hybridized carbons (Fsp3) is 0.526. The summed E-state index contributed by atoms with van der Waals surface area (Å²) in [5, 5.41) is 2.64. The van der Waals surface area contributed by atoms with Crippen LogP contribution in [0.5, 0.6) is 5.75 Å². The summed E-state index contributed by atoms with van der Waals surface area (Å²) in [5.41, 5.74) is 0.304. The van der Waals surface area contributed by atoms with Crippen molar-refractivity contribution in [3.05, 3.63) is 18.2 Å². The lowest BCUT2D eigenvalue weighted by Gasteiger charge is -2.30. The molecule has 2 aliphatic heterocycles. The minimum absolute atomic E-state index is 0.0366. The molecule has 27 heavy (non-hydrogen) atoms. The van der Waals surface area contributed by atoms with E-state index in [9.17, 15) is 14.4 Å². The first-order valence-corrected chi connectivity index (χ1v) is 9.08. The summed E-state index contributed by atoms with van der Waals surface area (Å²) in [6, 6.07) is 4.95. The zero-order valence-corrected chi connectivity index (χ0v) is 15.9. The van der Waals surface area contributed by atoms with E-state index in [0.29, 0.717) is 17.1 Å². The van der Waals surface area contributed by atoms with Gasteiger partial charge in [0.05, 0.1) is 5.69 Å². The quantitative estimate of drug-likeness (QED) is 0.876. The molecule has 0 aromatic heterocycles. The van der Waals surface area contributed by atoms with Crippen LogP contribution in [0, 0.1) is 0 Å². The van der Waals surface area contributed by atoms with Crippen LogP contribution in [-0.2, 0) is 14.3 Å². The summed E-state index contributed by atoms with van der Waals surface area (Å²) in [7, 11) is 0. The van der Waals surface area contributed by atoms with Gasteiger partial charge in [-0.3, -0.25) is 19.8 Å². The molecule has 1 saturated heterocycles. The molecule has 1 N–H and O–H groups in total. The van der Waals surface area contributed by atoms with E-state index < -0.39 is 11.7 Å². The van der Waals surface area contributed by atoms with Crippen molar-refractivity contribution in [2.45, 2.75) is 39.2 Å². The van der Waals surface area contributed by atoms with Gasteiger partial charge in [-0.15, -0.1) is 0 Å². The van der Waals surface area contributed by atoms with Crippen molar-refractivity contribution in [1.82, 2.24) is 4.90 Å². The highest BCUT2D eigenvalue weighted by Crippen LogP contribution is 2.34. The molecule has 2 heterocycles.